The van der Waals surface area contributed by atoms with Crippen molar-refractivity contribution < 1.29 is 4.39 Å². The number of hydrogen-bond donors (Lipinski definition) is 1. The first-order valence-corrected chi connectivity index (χ1v) is 8.36. The van der Waals surface area contributed by atoms with E-state index in [1.54, 1.807) is 17.8 Å². The van der Waals surface area contributed by atoms with Crippen LogP contribution in [0.1, 0.15) is 24.5 Å². The Hall–Kier alpha value is -1.03. The maximum Gasteiger partial charge on any atom is 0.123 e. The van der Waals surface area contributed by atoms with Crippen LogP contribution in [0.15, 0.2) is 47.4 Å². The molecule has 0 spiro atoms. The average Bonchev–Trinajstić information content (AvgIpc) is 2.48. The summed E-state index contributed by atoms with van der Waals surface area (Å²) >= 11 is 7.58. The zero-order chi connectivity index (χ0) is 15.2. The Morgan fingerprint density at radius 1 is 1.19 bits per heavy atom. The molecule has 0 fully saturated rings. The number of nitrogens with two attached hydrogens (primary N) is 1. The van der Waals surface area contributed by atoms with Crippen LogP contribution in [0.2, 0.25) is 5.02 Å². The van der Waals surface area contributed by atoms with Crippen LogP contribution in [-0.2, 0) is 12.2 Å². The normalized spacial score (nSPS) is 12.4. The largest absolute Gasteiger partial charge is 0.327 e. The molecular formula is C17H19ClFNS. The lowest BCUT2D eigenvalue weighted by Gasteiger charge is -2.13. The number of rotatable bonds is 6. The van der Waals surface area contributed by atoms with Crippen molar-refractivity contribution >= 4 is 23.4 Å². The fourth-order valence-electron chi connectivity index (χ4n) is 2.02. The van der Waals surface area contributed by atoms with Gasteiger partial charge in [-0.3, -0.25) is 0 Å². The Balaban J connectivity index is 2.09. The zero-order valence-electron chi connectivity index (χ0n) is 12.0. The summed E-state index contributed by atoms with van der Waals surface area (Å²) in [7, 11) is 0. The van der Waals surface area contributed by atoms with Crippen LogP contribution >= 0.6 is 23.4 Å². The Labute approximate surface area is 134 Å². The third kappa shape index (κ3) is 5.03. The highest BCUT2D eigenvalue weighted by molar-refractivity contribution is 7.98. The van der Waals surface area contributed by atoms with Crippen molar-refractivity contribution in [2.45, 2.75) is 36.5 Å². The fraction of sp³-hybridized carbons (Fsp3) is 0.294. The van der Waals surface area contributed by atoms with Crippen molar-refractivity contribution in [2.24, 2.45) is 5.73 Å². The summed E-state index contributed by atoms with van der Waals surface area (Å²) in [6.45, 7) is 2.05. The molecule has 0 heterocycles. The van der Waals surface area contributed by atoms with E-state index in [1.165, 1.54) is 11.6 Å². The second-order valence-electron chi connectivity index (χ2n) is 5.04. The first-order valence-electron chi connectivity index (χ1n) is 6.99. The molecule has 1 atom stereocenters. The van der Waals surface area contributed by atoms with Gasteiger partial charge in [0.15, 0.2) is 0 Å². The second kappa shape index (κ2) is 7.83. The molecule has 112 valence electrons. The fourth-order valence-corrected chi connectivity index (χ4v) is 3.15. The van der Waals surface area contributed by atoms with E-state index in [4.69, 9.17) is 17.3 Å². The molecule has 0 saturated heterocycles. The predicted molar refractivity (Wildman–Crippen MR) is 89.4 cm³/mol. The molecule has 0 aliphatic heterocycles. The molecule has 2 aromatic carbocycles. The minimum absolute atomic E-state index is 0.0710. The zero-order valence-corrected chi connectivity index (χ0v) is 13.6. The molecule has 0 aliphatic carbocycles. The van der Waals surface area contributed by atoms with E-state index in [1.807, 2.05) is 37.3 Å². The summed E-state index contributed by atoms with van der Waals surface area (Å²) in [5.41, 5.74) is 8.18. The van der Waals surface area contributed by atoms with Gasteiger partial charge >= 0.3 is 0 Å². The summed E-state index contributed by atoms with van der Waals surface area (Å²) in [4.78, 5) is 1.09. The standard InChI is InChI=1S/C17H19ClFNS/c1-2-16(20)10-13-9-15(19)7-8-17(13)21-11-12-3-5-14(18)6-4-12/h3-9,16H,2,10-11,20H2,1H3. The molecular weight excluding hydrogens is 305 g/mol. The van der Waals surface area contributed by atoms with E-state index in [2.05, 4.69) is 0 Å². The lowest BCUT2D eigenvalue weighted by Crippen LogP contribution is -2.21. The monoisotopic (exact) mass is 323 g/mol. The minimum Gasteiger partial charge on any atom is -0.327 e. The SMILES string of the molecule is CCC(N)Cc1cc(F)ccc1SCc1ccc(Cl)cc1. The Bertz CT molecular complexity index is 586. The Kier molecular flexibility index (Phi) is 6.09. The topological polar surface area (TPSA) is 26.0 Å². The van der Waals surface area contributed by atoms with Gasteiger partial charge in [0.05, 0.1) is 0 Å². The lowest BCUT2D eigenvalue weighted by molar-refractivity contribution is 0.610. The Morgan fingerprint density at radius 2 is 1.90 bits per heavy atom. The van der Waals surface area contributed by atoms with E-state index < -0.39 is 0 Å². The number of benzene rings is 2. The van der Waals surface area contributed by atoms with Crippen LogP contribution in [0.25, 0.3) is 0 Å². The highest BCUT2D eigenvalue weighted by Crippen LogP contribution is 2.28. The molecule has 0 aromatic heterocycles. The van der Waals surface area contributed by atoms with Gasteiger partial charge in [0.25, 0.3) is 0 Å². The second-order valence-corrected chi connectivity index (χ2v) is 6.49. The van der Waals surface area contributed by atoms with Crippen LogP contribution in [0.3, 0.4) is 0 Å². The van der Waals surface area contributed by atoms with E-state index in [0.717, 1.165) is 27.7 Å². The number of hydrogen-bond acceptors (Lipinski definition) is 2. The van der Waals surface area contributed by atoms with E-state index in [9.17, 15) is 4.39 Å². The molecule has 0 amide bonds. The maximum atomic E-state index is 13.4. The van der Waals surface area contributed by atoms with Crippen LogP contribution in [0.5, 0.6) is 0 Å². The number of halogens is 2. The number of thioether (sulfide) groups is 1. The van der Waals surface area contributed by atoms with Gasteiger partial charge in [-0.15, -0.1) is 11.8 Å². The average molecular weight is 324 g/mol. The first kappa shape index (κ1) is 16.3. The molecule has 0 saturated carbocycles. The molecule has 0 bridgehead atoms. The molecule has 2 N–H and O–H groups in total. The van der Waals surface area contributed by atoms with Crippen molar-refractivity contribution in [3.8, 4) is 0 Å². The molecule has 21 heavy (non-hydrogen) atoms. The van der Waals surface area contributed by atoms with Gasteiger partial charge in [-0.05, 0) is 54.3 Å². The molecule has 0 radical (unpaired) electrons. The van der Waals surface area contributed by atoms with Gasteiger partial charge in [0.2, 0.25) is 0 Å². The molecule has 0 aliphatic rings. The molecule has 2 aromatic rings. The summed E-state index contributed by atoms with van der Waals surface area (Å²) in [6, 6.07) is 12.8. The molecule has 1 nitrogen and oxygen atoms in total. The summed E-state index contributed by atoms with van der Waals surface area (Å²) in [5, 5.41) is 0.736. The molecule has 2 rings (SSSR count). The van der Waals surface area contributed by atoms with Crippen molar-refractivity contribution in [3.63, 3.8) is 0 Å². The summed E-state index contributed by atoms with van der Waals surface area (Å²) in [5.74, 6) is 0.626. The van der Waals surface area contributed by atoms with Crippen molar-refractivity contribution in [1.29, 1.82) is 0 Å². The van der Waals surface area contributed by atoms with Crippen LogP contribution in [0, 0.1) is 5.82 Å². The lowest BCUT2D eigenvalue weighted by atomic mass is 10.0. The molecule has 1 unspecified atom stereocenters. The van der Waals surface area contributed by atoms with Crippen molar-refractivity contribution in [3.05, 3.63) is 64.4 Å². The summed E-state index contributed by atoms with van der Waals surface area (Å²) < 4.78 is 13.4. The predicted octanol–water partition coefficient (Wildman–Crippen LogP) is 5.05. The molecule has 4 heteroatoms. The van der Waals surface area contributed by atoms with Gasteiger partial charge in [-0.25, -0.2) is 4.39 Å². The van der Waals surface area contributed by atoms with Crippen molar-refractivity contribution in [2.75, 3.05) is 0 Å². The third-order valence-corrected chi connectivity index (χ3v) is 4.78. The van der Waals surface area contributed by atoms with Gasteiger partial charge in [0.1, 0.15) is 5.82 Å². The summed E-state index contributed by atoms with van der Waals surface area (Å²) in [6.07, 6.45) is 1.59. The van der Waals surface area contributed by atoms with Crippen LogP contribution in [-0.4, -0.2) is 6.04 Å². The minimum atomic E-state index is -0.204. The first-order chi connectivity index (χ1) is 10.1. The van der Waals surface area contributed by atoms with Gasteiger partial charge in [-0.2, -0.15) is 0 Å². The van der Waals surface area contributed by atoms with Crippen LogP contribution < -0.4 is 5.73 Å². The Morgan fingerprint density at radius 3 is 2.57 bits per heavy atom. The quantitative estimate of drug-likeness (QED) is 0.753. The van der Waals surface area contributed by atoms with E-state index >= 15 is 0 Å². The highest BCUT2D eigenvalue weighted by atomic mass is 35.5. The smallest absolute Gasteiger partial charge is 0.123 e. The highest BCUT2D eigenvalue weighted by Gasteiger charge is 2.09. The van der Waals surface area contributed by atoms with Gasteiger partial charge in [-0.1, -0.05) is 30.7 Å². The maximum absolute atomic E-state index is 13.4. The van der Waals surface area contributed by atoms with Gasteiger partial charge < -0.3 is 5.73 Å². The van der Waals surface area contributed by atoms with Gasteiger partial charge in [0, 0.05) is 21.7 Å². The van der Waals surface area contributed by atoms with Crippen molar-refractivity contribution in [1.82, 2.24) is 0 Å². The van der Waals surface area contributed by atoms with Crippen LogP contribution in [0.4, 0.5) is 4.39 Å². The van der Waals surface area contributed by atoms with E-state index in [-0.39, 0.29) is 11.9 Å². The van der Waals surface area contributed by atoms with E-state index in [0.29, 0.717) is 6.42 Å². The third-order valence-electron chi connectivity index (χ3n) is 3.34.